The topological polar surface area (TPSA) is 109 Å². The summed E-state index contributed by atoms with van der Waals surface area (Å²) < 4.78 is 0. The van der Waals surface area contributed by atoms with E-state index in [1.165, 1.54) is 22.3 Å². The van der Waals surface area contributed by atoms with Gasteiger partial charge in [0.25, 0.3) is 0 Å². The fourth-order valence-corrected chi connectivity index (χ4v) is 8.90. The number of hydrogen-bond acceptors (Lipinski definition) is 6. The molecule has 0 radical (unpaired) electrons. The number of fused-ring (bicyclic) bond motifs is 20. The molecule has 0 amide bonds. The first kappa shape index (κ1) is 38.4. The van der Waals surface area contributed by atoms with Crippen molar-refractivity contribution in [2.45, 2.75) is 105 Å². The van der Waals surface area contributed by atoms with Crippen molar-refractivity contribution in [3.63, 3.8) is 0 Å². The Balaban J connectivity index is 0.00000455. The third-order valence-electron chi connectivity index (χ3n) is 11.0. The summed E-state index contributed by atoms with van der Waals surface area (Å²) in [6.45, 7) is 28.0. The van der Waals surface area contributed by atoms with Gasteiger partial charge in [-0.25, -0.2) is 29.9 Å². The minimum atomic E-state index is -0.259. The number of nitrogens with one attached hydrogen (secondary N) is 2. The van der Waals surface area contributed by atoms with Crippen molar-refractivity contribution < 1.29 is 0 Å². The number of nitrogens with zero attached hydrogens (tertiary/aromatic N) is 6. The zero-order valence-electron chi connectivity index (χ0n) is 35.0. The Bertz CT molecular complexity index is 2760. The molecule has 8 bridgehead atoms. The summed E-state index contributed by atoms with van der Waals surface area (Å²) in [6.07, 6.45) is 0. The van der Waals surface area contributed by atoms with Gasteiger partial charge in [-0.15, -0.1) is 12.4 Å². The maximum atomic E-state index is 5.53. The fourth-order valence-electron chi connectivity index (χ4n) is 8.90. The number of halogens is 1. The van der Waals surface area contributed by atoms with E-state index >= 15 is 0 Å². The van der Waals surface area contributed by atoms with Gasteiger partial charge in [0.1, 0.15) is 22.6 Å². The van der Waals surface area contributed by atoms with Crippen molar-refractivity contribution in [1.82, 2.24) is 39.9 Å². The van der Waals surface area contributed by atoms with Gasteiger partial charge >= 0.3 is 0 Å². The molecule has 57 heavy (non-hydrogen) atoms. The molecule has 7 aromatic rings. The van der Waals surface area contributed by atoms with Crippen LogP contribution in [0, 0.1) is 0 Å². The third kappa shape index (κ3) is 6.11. The van der Waals surface area contributed by atoms with Gasteiger partial charge < -0.3 is 9.97 Å². The smallest absolute Gasteiger partial charge is 0.164 e. The van der Waals surface area contributed by atoms with Crippen LogP contribution in [0.5, 0.6) is 0 Å². The van der Waals surface area contributed by atoms with Crippen molar-refractivity contribution >= 4 is 56.5 Å². The number of aromatic nitrogens is 8. The predicted octanol–water partition coefficient (Wildman–Crippen LogP) is 12.5. The Morgan fingerprint density at radius 3 is 0.895 bits per heavy atom. The van der Waals surface area contributed by atoms with E-state index in [1.807, 2.05) is 36.4 Å². The summed E-state index contributed by atoms with van der Waals surface area (Å²) in [7, 11) is 0. The quantitative estimate of drug-likeness (QED) is 0.159. The maximum Gasteiger partial charge on any atom is 0.164 e. The first-order valence-corrected chi connectivity index (χ1v) is 19.7. The lowest BCUT2D eigenvalue weighted by molar-refractivity contribution is 0.482. The van der Waals surface area contributed by atoms with E-state index in [1.54, 1.807) is 0 Å². The van der Waals surface area contributed by atoms with Crippen LogP contribution in [0.3, 0.4) is 0 Å². The normalized spacial score (nSPS) is 13.1. The van der Waals surface area contributed by atoms with Gasteiger partial charge in [-0.2, -0.15) is 0 Å². The lowest BCUT2D eigenvalue weighted by atomic mass is 9.63. The van der Waals surface area contributed by atoms with E-state index in [0.29, 0.717) is 34.6 Å². The Labute approximate surface area is 340 Å². The molecule has 9 heteroatoms. The maximum absolute atomic E-state index is 5.53. The number of hydrogen-bond donors (Lipinski definition) is 2. The molecule has 0 fully saturated rings. The molecule has 0 saturated carbocycles. The second-order valence-corrected chi connectivity index (χ2v) is 19.5. The van der Waals surface area contributed by atoms with Crippen LogP contribution in [0.2, 0.25) is 0 Å². The first-order valence-electron chi connectivity index (χ1n) is 19.7. The zero-order valence-corrected chi connectivity index (χ0v) is 35.8. The first-order chi connectivity index (χ1) is 26.3. The van der Waals surface area contributed by atoms with Crippen LogP contribution in [-0.4, -0.2) is 39.9 Å². The van der Waals surface area contributed by atoms with Crippen LogP contribution in [-0.2, 0) is 21.7 Å². The highest BCUT2D eigenvalue weighted by molar-refractivity contribution is 6.11. The van der Waals surface area contributed by atoms with Crippen molar-refractivity contribution in [1.29, 1.82) is 0 Å². The number of benzene rings is 4. The monoisotopic (exact) mass is 774 g/mol. The molecule has 290 valence electrons. The van der Waals surface area contributed by atoms with Crippen molar-refractivity contribution in [2.75, 3.05) is 0 Å². The van der Waals surface area contributed by atoms with Gasteiger partial charge in [0, 0.05) is 43.8 Å². The van der Waals surface area contributed by atoms with Crippen LogP contribution in [0.15, 0.2) is 72.8 Å². The minimum Gasteiger partial charge on any atom is -0.324 e. The standard InChI is InChI=1S/C48H50N8.ClH/c1-45(2,3)33-31-32(34(46(4,5)6)36(48(10,11)12)35(33)47(7,8)9)44-55-42-30-24-18-16-22-28(30)40(53-42)51-38-26-20-14-13-19-25(26)37(49-38)50-39-27-21-15-17-23-29(27)41(52-39)54-43(31)56-44;/h13-24H,1-12H3,(H2,49,50,51,52,53,54,55,56);1H. The molecule has 4 aromatic carbocycles. The summed E-state index contributed by atoms with van der Waals surface area (Å²) in [6, 6.07) is 24.6. The van der Waals surface area contributed by atoms with E-state index in [0.717, 1.165) is 55.1 Å². The van der Waals surface area contributed by atoms with Crippen LogP contribution in [0.25, 0.3) is 89.7 Å². The zero-order chi connectivity index (χ0) is 39.7. The van der Waals surface area contributed by atoms with Crippen molar-refractivity contribution in [2.24, 2.45) is 0 Å². The van der Waals surface area contributed by atoms with Crippen LogP contribution >= 0.6 is 12.4 Å². The number of H-pyrrole nitrogens is 2. The molecule has 2 aliphatic heterocycles. The minimum absolute atomic E-state index is 0. The lowest BCUT2D eigenvalue weighted by Crippen LogP contribution is -2.32. The largest absolute Gasteiger partial charge is 0.324 e. The van der Waals surface area contributed by atoms with Crippen molar-refractivity contribution in [3.05, 3.63) is 95.1 Å². The molecule has 2 aliphatic rings. The summed E-state index contributed by atoms with van der Waals surface area (Å²) >= 11 is 0. The molecule has 0 saturated heterocycles. The Morgan fingerprint density at radius 2 is 0.596 bits per heavy atom. The van der Waals surface area contributed by atoms with E-state index in [9.17, 15) is 0 Å². The van der Waals surface area contributed by atoms with E-state index in [4.69, 9.17) is 29.9 Å². The van der Waals surface area contributed by atoms with E-state index in [2.05, 4.69) is 129 Å². The molecule has 0 unspecified atom stereocenters. The summed E-state index contributed by atoms with van der Waals surface area (Å²) in [5.74, 6) is 2.41. The SMILES string of the molecule is CC(C)(C)c1c(C(C)(C)C)c(C(C)(C)C)c2c3nc4nc(nc5[nH]c(nc6nc(nc([nH]3)c2c1C(C)(C)C)-c1ccccc1-6)c1ccccc51)-c1ccccc1-4.Cl. The van der Waals surface area contributed by atoms with Crippen LogP contribution in [0.4, 0.5) is 0 Å². The molecule has 8 nitrogen and oxygen atoms in total. The van der Waals surface area contributed by atoms with Gasteiger partial charge in [-0.05, 0) is 43.9 Å². The Kier molecular flexibility index (Phi) is 8.60. The molecular weight excluding hydrogens is 724 g/mol. The molecular formula is C48H51ClN8. The lowest BCUT2D eigenvalue weighted by Gasteiger charge is -2.41. The summed E-state index contributed by atoms with van der Waals surface area (Å²) in [5.41, 5.74) is 10.9. The molecule has 0 spiro atoms. The van der Waals surface area contributed by atoms with E-state index < -0.39 is 0 Å². The average Bonchev–Trinajstić information content (AvgIpc) is 3.84. The van der Waals surface area contributed by atoms with Gasteiger partial charge in [0.05, 0.1) is 0 Å². The Hall–Kier alpha value is -5.47. The van der Waals surface area contributed by atoms with Gasteiger partial charge in [0.15, 0.2) is 23.3 Å². The molecule has 3 aromatic heterocycles. The van der Waals surface area contributed by atoms with E-state index in [-0.39, 0.29) is 34.1 Å². The predicted molar refractivity (Wildman–Crippen MR) is 238 cm³/mol. The third-order valence-corrected chi connectivity index (χ3v) is 11.0. The van der Waals surface area contributed by atoms with Gasteiger partial charge in [-0.1, -0.05) is 156 Å². The summed E-state index contributed by atoms with van der Waals surface area (Å²) in [4.78, 5) is 39.2. The molecule has 9 rings (SSSR count). The number of aromatic amines is 2. The highest BCUT2D eigenvalue weighted by atomic mass is 35.5. The number of rotatable bonds is 0. The van der Waals surface area contributed by atoms with Crippen LogP contribution in [0.1, 0.15) is 105 Å². The molecule has 2 N–H and O–H groups in total. The van der Waals surface area contributed by atoms with Gasteiger partial charge in [-0.3, -0.25) is 0 Å². The summed E-state index contributed by atoms with van der Waals surface area (Å²) in [5, 5.41) is 4.06. The van der Waals surface area contributed by atoms with Gasteiger partial charge in [0.2, 0.25) is 0 Å². The second kappa shape index (κ2) is 12.8. The van der Waals surface area contributed by atoms with Crippen LogP contribution < -0.4 is 0 Å². The molecule has 5 heterocycles. The van der Waals surface area contributed by atoms with Crippen molar-refractivity contribution in [3.8, 4) is 45.6 Å². The molecule has 0 aliphatic carbocycles. The molecule has 0 atom stereocenters. The highest BCUT2D eigenvalue weighted by Gasteiger charge is 2.40. The highest BCUT2D eigenvalue weighted by Crippen LogP contribution is 2.52. The average molecular weight is 775 g/mol. The second-order valence-electron chi connectivity index (χ2n) is 19.5. The Morgan fingerprint density at radius 1 is 0.333 bits per heavy atom. The fraction of sp³-hybridized carbons (Fsp3) is 0.333.